The van der Waals surface area contributed by atoms with E-state index in [1.54, 1.807) is 10.8 Å². The molecule has 1 heteroatoms. The molecule has 1 aliphatic rings. The van der Waals surface area contributed by atoms with E-state index >= 15 is 0 Å². The van der Waals surface area contributed by atoms with Crippen LogP contribution in [0.25, 0.3) is 0 Å². The van der Waals surface area contributed by atoms with Gasteiger partial charge in [0.25, 0.3) is 0 Å². The Hall–Kier alpha value is -0.823. The van der Waals surface area contributed by atoms with E-state index in [0.29, 0.717) is 5.04 Å². The molecule has 0 spiro atoms. The summed E-state index contributed by atoms with van der Waals surface area (Å²) in [7, 11) is -0.201. The molecular formula is C16H24Si. The SMILES string of the molecule is CCC1([SiH2]c2cccc(C)c2C)C=CCCC1. The summed E-state index contributed by atoms with van der Waals surface area (Å²) in [6, 6.07) is 6.84. The van der Waals surface area contributed by atoms with E-state index in [1.807, 2.05) is 0 Å². The lowest BCUT2D eigenvalue weighted by Gasteiger charge is -2.32. The summed E-state index contributed by atoms with van der Waals surface area (Å²) in [5.74, 6) is 0. The third-order valence-electron chi connectivity index (χ3n) is 4.48. The van der Waals surface area contributed by atoms with Crippen LogP contribution in [0.2, 0.25) is 5.04 Å². The molecule has 0 aromatic heterocycles. The van der Waals surface area contributed by atoms with E-state index in [0.717, 1.165) is 0 Å². The predicted octanol–water partition coefficient (Wildman–Crippen LogP) is 3.41. The summed E-state index contributed by atoms with van der Waals surface area (Å²) in [4.78, 5) is 0. The van der Waals surface area contributed by atoms with Crippen molar-refractivity contribution in [1.29, 1.82) is 0 Å². The zero-order chi connectivity index (χ0) is 12.3. The fourth-order valence-corrected chi connectivity index (χ4v) is 5.46. The first kappa shape index (κ1) is 12.6. The second-order valence-corrected chi connectivity index (χ2v) is 8.07. The smallest absolute Gasteiger partial charge is 0.0658 e. The highest BCUT2D eigenvalue weighted by atomic mass is 28.2. The minimum atomic E-state index is -0.201. The summed E-state index contributed by atoms with van der Waals surface area (Å²) in [5.41, 5.74) is 3.01. The molecule has 1 unspecified atom stereocenters. The van der Waals surface area contributed by atoms with Gasteiger partial charge in [0.2, 0.25) is 0 Å². The fourth-order valence-electron chi connectivity index (χ4n) is 2.94. The summed E-state index contributed by atoms with van der Waals surface area (Å²) >= 11 is 0. The van der Waals surface area contributed by atoms with Crippen LogP contribution in [-0.4, -0.2) is 9.52 Å². The minimum absolute atomic E-state index is 0.201. The van der Waals surface area contributed by atoms with Gasteiger partial charge in [-0.1, -0.05) is 42.5 Å². The quantitative estimate of drug-likeness (QED) is 0.565. The van der Waals surface area contributed by atoms with Crippen molar-refractivity contribution in [3.05, 3.63) is 41.5 Å². The maximum atomic E-state index is 2.55. The summed E-state index contributed by atoms with van der Waals surface area (Å²) in [5, 5.41) is 2.25. The van der Waals surface area contributed by atoms with Crippen LogP contribution in [0.15, 0.2) is 30.4 Å². The van der Waals surface area contributed by atoms with Crippen molar-refractivity contribution in [2.75, 3.05) is 0 Å². The first-order chi connectivity index (χ1) is 8.17. The van der Waals surface area contributed by atoms with Gasteiger partial charge in [-0.3, -0.25) is 0 Å². The minimum Gasteiger partial charge on any atom is -0.0883 e. The molecule has 0 N–H and O–H groups in total. The van der Waals surface area contributed by atoms with Gasteiger partial charge < -0.3 is 0 Å². The molecule has 0 fully saturated rings. The third kappa shape index (κ3) is 2.71. The molecule has 1 atom stereocenters. The number of hydrogen-bond acceptors (Lipinski definition) is 0. The highest BCUT2D eigenvalue weighted by Crippen LogP contribution is 2.40. The molecule has 0 aliphatic heterocycles. The molecule has 0 heterocycles. The number of hydrogen-bond donors (Lipinski definition) is 0. The maximum absolute atomic E-state index is 2.55. The van der Waals surface area contributed by atoms with Gasteiger partial charge in [-0.2, -0.15) is 0 Å². The number of rotatable bonds is 3. The Morgan fingerprint density at radius 3 is 2.76 bits per heavy atom. The Bertz CT molecular complexity index is 420. The van der Waals surface area contributed by atoms with E-state index in [2.05, 4.69) is 51.1 Å². The monoisotopic (exact) mass is 244 g/mol. The maximum Gasteiger partial charge on any atom is 0.0658 e. The van der Waals surface area contributed by atoms with Crippen LogP contribution in [0.4, 0.5) is 0 Å². The van der Waals surface area contributed by atoms with Gasteiger partial charge in [0.1, 0.15) is 0 Å². The predicted molar refractivity (Wildman–Crippen MR) is 80.1 cm³/mol. The Kier molecular flexibility index (Phi) is 3.88. The highest BCUT2D eigenvalue weighted by Gasteiger charge is 2.27. The van der Waals surface area contributed by atoms with Crippen LogP contribution in [0.5, 0.6) is 0 Å². The summed E-state index contributed by atoms with van der Waals surface area (Å²) in [6.45, 7) is 6.91. The molecule has 0 radical (unpaired) electrons. The lowest BCUT2D eigenvalue weighted by atomic mass is 9.92. The normalized spacial score (nSPS) is 24.6. The van der Waals surface area contributed by atoms with Gasteiger partial charge in [0, 0.05) is 0 Å². The van der Waals surface area contributed by atoms with E-state index in [-0.39, 0.29) is 9.52 Å². The van der Waals surface area contributed by atoms with E-state index in [1.165, 1.54) is 31.2 Å². The molecule has 1 aromatic rings. The van der Waals surface area contributed by atoms with E-state index < -0.39 is 0 Å². The van der Waals surface area contributed by atoms with Crippen LogP contribution in [0.1, 0.15) is 43.7 Å². The summed E-state index contributed by atoms with van der Waals surface area (Å²) < 4.78 is 0. The van der Waals surface area contributed by atoms with Crippen LogP contribution < -0.4 is 5.19 Å². The van der Waals surface area contributed by atoms with Crippen molar-refractivity contribution >= 4 is 14.7 Å². The van der Waals surface area contributed by atoms with Crippen molar-refractivity contribution in [2.24, 2.45) is 0 Å². The van der Waals surface area contributed by atoms with Crippen molar-refractivity contribution in [2.45, 2.75) is 51.5 Å². The van der Waals surface area contributed by atoms with Gasteiger partial charge in [-0.05, 0) is 55.7 Å². The zero-order valence-electron chi connectivity index (χ0n) is 11.4. The molecule has 0 saturated carbocycles. The third-order valence-corrected chi connectivity index (χ3v) is 7.42. The average molecular weight is 244 g/mol. The molecule has 0 amide bonds. The fraction of sp³-hybridized carbons (Fsp3) is 0.500. The first-order valence-electron chi connectivity index (χ1n) is 6.90. The number of allylic oxidation sites excluding steroid dienone is 2. The van der Waals surface area contributed by atoms with Crippen molar-refractivity contribution < 1.29 is 0 Å². The average Bonchev–Trinajstić information content (AvgIpc) is 2.36. The van der Waals surface area contributed by atoms with Crippen LogP contribution >= 0.6 is 0 Å². The molecule has 92 valence electrons. The van der Waals surface area contributed by atoms with Crippen molar-refractivity contribution in [3.63, 3.8) is 0 Å². The molecule has 1 aromatic carbocycles. The largest absolute Gasteiger partial charge is 0.0883 e. The topological polar surface area (TPSA) is 0 Å². The van der Waals surface area contributed by atoms with Gasteiger partial charge >= 0.3 is 0 Å². The summed E-state index contributed by atoms with van der Waals surface area (Å²) in [6.07, 6.45) is 10.4. The Morgan fingerprint density at radius 1 is 1.29 bits per heavy atom. The molecule has 0 saturated heterocycles. The number of benzene rings is 1. The van der Waals surface area contributed by atoms with Crippen LogP contribution in [-0.2, 0) is 0 Å². The van der Waals surface area contributed by atoms with Crippen LogP contribution in [0.3, 0.4) is 0 Å². The van der Waals surface area contributed by atoms with Gasteiger partial charge in [0.15, 0.2) is 0 Å². The molecule has 0 bridgehead atoms. The number of aryl methyl sites for hydroxylation is 1. The van der Waals surface area contributed by atoms with E-state index in [9.17, 15) is 0 Å². The molecule has 17 heavy (non-hydrogen) atoms. The van der Waals surface area contributed by atoms with E-state index in [4.69, 9.17) is 0 Å². The zero-order valence-corrected chi connectivity index (χ0v) is 12.8. The van der Waals surface area contributed by atoms with Gasteiger partial charge in [0.05, 0.1) is 9.52 Å². The van der Waals surface area contributed by atoms with Gasteiger partial charge in [-0.15, -0.1) is 0 Å². The lowest BCUT2D eigenvalue weighted by Crippen LogP contribution is -2.31. The molecule has 2 rings (SSSR count). The van der Waals surface area contributed by atoms with Gasteiger partial charge in [-0.25, -0.2) is 0 Å². The molecule has 0 nitrogen and oxygen atoms in total. The highest BCUT2D eigenvalue weighted by molar-refractivity contribution is 6.58. The Labute approximate surface area is 108 Å². The first-order valence-corrected chi connectivity index (χ1v) is 8.31. The Balaban J connectivity index is 2.27. The van der Waals surface area contributed by atoms with Crippen molar-refractivity contribution in [3.8, 4) is 0 Å². The molecular weight excluding hydrogens is 220 g/mol. The second kappa shape index (κ2) is 5.22. The second-order valence-electron chi connectivity index (χ2n) is 5.55. The van der Waals surface area contributed by atoms with Crippen molar-refractivity contribution in [1.82, 2.24) is 0 Å². The Morgan fingerprint density at radius 2 is 2.12 bits per heavy atom. The van der Waals surface area contributed by atoms with Crippen LogP contribution in [0, 0.1) is 13.8 Å². The lowest BCUT2D eigenvalue weighted by molar-refractivity contribution is 0.544. The molecule has 1 aliphatic carbocycles. The standard InChI is InChI=1S/C16H24Si/c1-4-16(11-6-5-7-12-16)17-15-10-8-9-13(2)14(15)3/h6,8-11H,4-5,7,12,17H2,1-3H3.